The number of anilines is 2. The van der Waals surface area contributed by atoms with Crippen molar-refractivity contribution < 1.29 is 52.5 Å². The van der Waals surface area contributed by atoms with Crippen LogP contribution in [0.2, 0.25) is 0 Å². The number of fused-ring (bicyclic) bond motifs is 1. The molecule has 1 aliphatic carbocycles. The molecule has 67 heavy (non-hydrogen) atoms. The van der Waals surface area contributed by atoms with E-state index in [9.17, 15) is 43.5 Å². The summed E-state index contributed by atoms with van der Waals surface area (Å²) in [5.41, 5.74) is 5.00. The number of pyridine rings is 1. The van der Waals surface area contributed by atoms with Crippen molar-refractivity contribution >= 4 is 75.3 Å². The number of piperazine rings is 1. The van der Waals surface area contributed by atoms with E-state index in [1.807, 2.05) is 16.8 Å². The number of amides is 5. The molecule has 5 amide bonds. The van der Waals surface area contributed by atoms with Gasteiger partial charge in [0.1, 0.15) is 41.8 Å². The van der Waals surface area contributed by atoms with Crippen LogP contribution in [0.3, 0.4) is 0 Å². The van der Waals surface area contributed by atoms with E-state index in [1.165, 1.54) is 34.6 Å². The standard InChI is InChI=1S/C47H54FN7O11S/c1-3-20-65-40(57)23-31(30-12-21-67-28-30)22-39(56)47(13-6-14-47)44(62)52-36(7-5-15-50-45(49)63)42(59)51-32-10-8-29(9-11-32)27-66-46(64)55-18-16-54(17-19-55)38-25-37-33(24-35(38)48)41(58)34(43(60)61)26-53(37)4-2/h3,8-12,21,24-26,28,31,36H,1,4-7,13-20,22-23,27H2,2H3,(H,51,59)(H,52,62)(H,60,61)(H3,49,50,63)/t31-,36+/m1/s1. The first kappa shape index (κ1) is 49.3. The van der Waals surface area contributed by atoms with Crippen LogP contribution < -0.4 is 32.0 Å². The number of halogens is 1. The third-order valence-corrected chi connectivity index (χ3v) is 12.9. The second kappa shape index (κ2) is 22.4. The fourth-order valence-corrected chi connectivity index (χ4v) is 8.97. The second-order valence-electron chi connectivity index (χ2n) is 16.5. The maximum Gasteiger partial charge on any atom is 0.410 e. The van der Waals surface area contributed by atoms with Crippen molar-refractivity contribution in [3.63, 3.8) is 0 Å². The molecule has 1 saturated carbocycles. The minimum atomic E-state index is -1.39. The summed E-state index contributed by atoms with van der Waals surface area (Å²) in [6, 6.07) is 9.09. The predicted octanol–water partition coefficient (Wildman–Crippen LogP) is 5.28. The Morgan fingerprint density at radius 1 is 1.01 bits per heavy atom. The first-order chi connectivity index (χ1) is 32.1. The van der Waals surface area contributed by atoms with E-state index >= 15 is 4.39 Å². The highest BCUT2D eigenvalue weighted by Crippen LogP contribution is 2.45. The molecule has 0 bridgehead atoms. The number of rotatable bonds is 21. The van der Waals surface area contributed by atoms with Gasteiger partial charge in [-0.15, -0.1) is 0 Å². The van der Waals surface area contributed by atoms with Crippen LogP contribution in [0, 0.1) is 11.2 Å². The number of aromatic carboxylic acids is 1. The number of carboxylic acids is 1. The average molecular weight is 944 g/mol. The molecule has 2 aromatic carbocycles. The van der Waals surface area contributed by atoms with Gasteiger partial charge in [0.15, 0.2) is 0 Å². The van der Waals surface area contributed by atoms with Crippen LogP contribution in [0.15, 0.2) is 76.9 Å². The van der Waals surface area contributed by atoms with Gasteiger partial charge in [0, 0.05) is 68.9 Å². The zero-order chi connectivity index (χ0) is 48.3. The summed E-state index contributed by atoms with van der Waals surface area (Å²) in [5, 5.41) is 21.2. The number of aryl methyl sites for hydroxylation is 1. The van der Waals surface area contributed by atoms with E-state index in [0.717, 1.165) is 11.6 Å². The number of nitrogens with two attached hydrogens (primary N) is 1. The number of primary amides is 1. The van der Waals surface area contributed by atoms with Gasteiger partial charge in [0.25, 0.3) is 0 Å². The number of aromatic nitrogens is 1. The third kappa shape index (κ3) is 12.0. The minimum Gasteiger partial charge on any atom is -0.477 e. The SMILES string of the molecule is C=CCOC(=O)C[C@@H](CC(=O)C1(C(=O)N[C@@H](CCCNC(N)=O)C(=O)Nc2ccc(COC(=O)N3CCN(c4cc5c(cc4F)c(=O)c(C(=O)O)cn5CC)CC3)cc2)CCC1)c1ccsc1. The largest absolute Gasteiger partial charge is 0.477 e. The molecular formula is C47H54FN7O11S. The Morgan fingerprint density at radius 2 is 1.75 bits per heavy atom. The fourth-order valence-electron chi connectivity index (χ4n) is 8.23. The lowest BCUT2D eigenvalue weighted by molar-refractivity contribution is -0.150. The Morgan fingerprint density at radius 3 is 2.36 bits per heavy atom. The van der Waals surface area contributed by atoms with Crippen molar-refractivity contribution in [2.24, 2.45) is 11.1 Å². The molecule has 6 N–H and O–H groups in total. The topological polar surface area (TPSA) is 249 Å². The zero-order valence-corrected chi connectivity index (χ0v) is 37.9. The molecule has 0 unspecified atom stereocenters. The number of carbonyl (C=O) groups excluding carboxylic acids is 6. The number of hydrogen-bond donors (Lipinski definition) is 5. The molecule has 20 heteroatoms. The lowest BCUT2D eigenvalue weighted by Gasteiger charge is -2.40. The van der Waals surface area contributed by atoms with E-state index in [0.29, 0.717) is 29.7 Å². The van der Waals surface area contributed by atoms with Gasteiger partial charge < -0.3 is 50.6 Å². The lowest BCUT2D eigenvalue weighted by atomic mass is 9.63. The highest BCUT2D eigenvalue weighted by Gasteiger charge is 2.51. The molecular weight excluding hydrogens is 890 g/mol. The van der Waals surface area contributed by atoms with Gasteiger partial charge >= 0.3 is 24.1 Å². The first-order valence-corrected chi connectivity index (χ1v) is 22.9. The summed E-state index contributed by atoms with van der Waals surface area (Å²) in [6.07, 6.45) is 3.54. The maximum atomic E-state index is 15.4. The van der Waals surface area contributed by atoms with Crippen LogP contribution in [0.25, 0.3) is 10.9 Å². The smallest absolute Gasteiger partial charge is 0.410 e. The van der Waals surface area contributed by atoms with E-state index in [-0.39, 0.29) is 101 Å². The summed E-state index contributed by atoms with van der Waals surface area (Å²) in [7, 11) is 0. The van der Waals surface area contributed by atoms with E-state index < -0.39 is 70.1 Å². The molecule has 1 aliphatic heterocycles. The Bertz CT molecular complexity index is 2550. The number of nitrogens with one attached hydrogen (secondary N) is 3. The number of urea groups is 1. The molecule has 4 aromatic rings. The van der Waals surface area contributed by atoms with Crippen molar-refractivity contribution in [2.45, 2.75) is 77.0 Å². The Hall–Kier alpha value is -7.09. The Labute approximate surface area is 389 Å². The number of ketones is 1. The van der Waals surface area contributed by atoms with Gasteiger partial charge in [-0.2, -0.15) is 11.3 Å². The van der Waals surface area contributed by atoms with Gasteiger partial charge in [-0.05, 0) is 84.8 Å². The van der Waals surface area contributed by atoms with Crippen LogP contribution in [-0.2, 0) is 41.8 Å². The number of thiophene rings is 1. The number of carboxylic acid groups (broad SMARTS) is 1. The van der Waals surface area contributed by atoms with Crippen LogP contribution in [0.1, 0.15) is 79.3 Å². The van der Waals surface area contributed by atoms with E-state index in [1.54, 1.807) is 40.7 Å². The second-order valence-corrected chi connectivity index (χ2v) is 17.2. The summed E-state index contributed by atoms with van der Waals surface area (Å²) in [6.45, 7) is 6.73. The summed E-state index contributed by atoms with van der Waals surface area (Å²) in [5.74, 6) is -4.58. The molecule has 18 nitrogen and oxygen atoms in total. The fraction of sp³-hybridized carbons (Fsp3) is 0.404. The Kier molecular flexibility index (Phi) is 16.5. The monoisotopic (exact) mass is 943 g/mol. The third-order valence-electron chi connectivity index (χ3n) is 12.2. The first-order valence-electron chi connectivity index (χ1n) is 22.0. The van der Waals surface area contributed by atoms with Crippen LogP contribution >= 0.6 is 11.3 Å². The molecule has 356 valence electrons. The molecule has 6 rings (SSSR count). The van der Waals surface area contributed by atoms with E-state index in [2.05, 4.69) is 22.5 Å². The number of esters is 1. The van der Waals surface area contributed by atoms with Crippen molar-refractivity contribution in [2.75, 3.05) is 49.5 Å². The summed E-state index contributed by atoms with van der Waals surface area (Å²) >= 11 is 1.42. The van der Waals surface area contributed by atoms with E-state index in [4.69, 9.17) is 15.2 Å². The molecule has 1 saturated heterocycles. The van der Waals surface area contributed by atoms with Gasteiger partial charge in [-0.25, -0.2) is 18.8 Å². The predicted molar refractivity (Wildman–Crippen MR) is 247 cm³/mol. The number of Topliss-reactive ketones (excluding diaryl/α,β-unsaturated/α-hetero) is 1. The highest BCUT2D eigenvalue weighted by molar-refractivity contribution is 7.08. The van der Waals surface area contributed by atoms with Crippen molar-refractivity contribution in [1.29, 1.82) is 0 Å². The molecule has 2 fully saturated rings. The average Bonchev–Trinajstić information content (AvgIpc) is 3.84. The van der Waals surface area contributed by atoms with Crippen LogP contribution in [-0.4, -0.2) is 102 Å². The van der Waals surface area contributed by atoms with Crippen LogP contribution in [0.5, 0.6) is 0 Å². The quantitative estimate of drug-likeness (QED) is 0.0310. The summed E-state index contributed by atoms with van der Waals surface area (Å²) < 4.78 is 27.7. The molecule has 0 radical (unpaired) electrons. The van der Waals surface area contributed by atoms with Crippen LogP contribution in [0.4, 0.5) is 25.4 Å². The Balaban J connectivity index is 1.04. The minimum absolute atomic E-state index is 0.0314. The zero-order valence-electron chi connectivity index (χ0n) is 37.1. The van der Waals surface area contributed by atoms with Crippen molar-refractivity contribution in [1.82, 2.24) is 20.1 Å². The number of nitrogens with zero attached hydrogens (tertiary/aromatic N) is 3. The van der Waals surface area contributed by atoms with Gasteiger partial charge in [-0.3, -0.25) is 24.0 Å². The number of ether oxygens (including phenoxy) is 2. The molecule has 0 spiro atoms. The number of benzene rings is 2. The highest BCUT2D eigenvalue weighted by atomic mass is 32.1. The normalized spacial score (nSPS) is 15.1. The van der Waals surface area contributed by atoms with Gasteiger partial charge in [0.05, 0.1) is 17.6 Å². The number of carbonyl (C=O) groups is 7. The maximum absolute atomic E-state index is 15.4. The lowest BCUT2D eigenvalue weighted by Crippen LogP contribution is -2.56. The molecule has 2 atom stereocenters. The van der Waals surface area contributed by atoms with Crippen molar-refractivity contribution in [3.8, 4) is 0 Å². The molecule has 2 aliphatic rings. The number of hydrogen-bond acceptors (Lipinski definition) is 12. The van der Waals surface area contributed by atoms with Gasteiger partial charge in [0.2, 0.25) is 17.2 Å². The molecule has 2 aromatic heterocycles. The van der Waals surface area contributed by atoms with Gasteiger partial charge in [-0.1, -0.05) is 31.2 Å². The molecule has 3 heterocycles. The summed E-state index contributed by atoms with van der Waals surface area (Å²) in [4.78, 5) is 106. The van der Waals surface area contributed by atoms with Crippen molar-refractivity contribution in [3.05, 3.63) is 105 Å².